The maximum Gasteiger partial charge on any atom is 0.138 e. The van der Waals surface area contributed by atoms with Gasteiger partial charge in [-0.3, -0.25) is 0 Å². The van der Waals surface area contributed by atoms with Crippen LogP contribution in [-0.4, -0.2) is 11.1 Å². The summed E-state index contributed by atoms with van der Waals surface area (Å²) in [6, 6.07) is 1.89. The summed E-state index contributed by atoms with van der Waals surface area (Å²) in [6.07, 6.45) is 4.58. The molecule has 0 saturated heterocycles. The topological polar surface area (TPSA) is 22.1 Å². The summed E-state index contributed by atoms with van der Waals surface area (Å²) in [7, 11) is 0. The van der Waals surface area contributed by atoms with Crippen LogP contribution in [0, 0.1) is 3.70 Å². The van der Waals surface area contributed by atoms with Crippen LogP contribution < -0.4 is 4.74 Å². The number of aromatic nitrogens is 1. The molecule has 0 radical (unpaired) electrons. The molecule has 2 nitrogen and oxygen atoms in total. The predicted molar refractivity (Wildman–Crippen MR) is 58.3 cm³/mol. The number of hydrogen-bond acceptors (Lipinski definition) is 2. The maximum absolute atomic E-state index is 5.65. The zero-order valence-corrected chi connectivity index (χ0v) is 10.0. The fraction of sp³-hybridized carbons (Fsp3) is 0.375. The van der Waals surface area contributed by atoms with Crippen molar-refractivity contribution in [3.05, 3.63) is 20.4 Å². The van der Waals surface area contributed by atoms with Gasteiger partial charge in [0.25, 0.3) is 0 Å². The second kappa shape index (κ2) is 3.49. The van der Waals surface area contributed by atoms with Crippen LogP contribution in [0.1, 0.15) is 12.8 Å². The Morgan fingerprint density at radius 2 is 2.33 bits per heavy atom. The number of pyridine rings is 1. The Kier molecular flexibility index (Phi) is 2.55. The van der Waals surface area contributed by atoms with Crippen LogP contribution in [-0.2, 0) is 0 Å². The third-order valence-electron chi connectivity index (χ3n) is 1.63. The average Bonchev–Trinajstić information content (AvgIpc) is 2.83. The lowest BCUT2D eigenvalue weighted by Gasteiger charge is -2.06. The van der Waals surface area contributed by atoms with Gasteiger partial charge in [0, 0.05) is 6.20 Å². The molecule has 1 saturated carbocycles. The quantitative estimate of drug-likeness (QED) is 0.610. The van der Waals surface area contributed by atoms with E-state index in [0.29, 0.717) is 6.10 Å². The first-order chi connectivity index (χ1) is 5.77. The number of ether oxygens (including phenoxy) is 1. The van der Waals surface area contributed by atoms with Gasteiger partial charge in [-0.1, -0.05) is 0 Å². The number of halogens is 2. The van der Waals surface area contributed by atoms with Crippen molar-refractivity contribution < 1.29 is 4.74 Å². The second-order valence-electron chi connectivity index (χ2n) is 2.73. The molecule has 1 aliphatic rings. The van der Waals surface area contributed by atoms with Gasteiger partial charge in [-0.2, -0.15) is 0 Å². The van der Waals surface area contributed by atoms with E-state index in [2.05, 4.69) is 43.5 Å². The smallest absolute Gasteiger partial charge is 0.138 e. The molecule has 1 aliphatic carbocycles. The molecule has 1 heterocycles. The van der Waals surface area contributed by atoms with E-state index in [-0.39, 0.29) is 0 Å². The molecule has 2 rings (SSSR count). The largest absolute Gasteiger partial charge is 0.489 e. The Morgan fingerprint density at radius 1 is 1.58 bits per heavy atom. The fourth-order valence-electron chi connectivity index (χ4n) is 0.858. The molecule has 1 aromatic rings. The van der Waals surface area contributed by atoms with Crippen LogP contribution >= 0.6 is 38.5 Å². The Balaban J connectivity index is 2.23. The van der Waals surface area contributed by atoms with Crippen LogP contribution in [0.5, 0.6) is 5.75 Å². The highest BCUT2D eigenvalue weighted by Crippen LogP contribution is 2.33. The average molecular weight is 340 g/mol. The van der Waals surface area contributed by atoms with Gasteiger partial charge in [-0.15, -0.1) is 0 Å². The van der Waals surface area contributed by atoms with E-state index in [4.69, 9.17) is 4.74 Å². The zero-order valence-electron chi connectivity index (χ0n) is 6.26. The lowest BCUT2D eigenvalue weighted by molar-refractivity contribution is 0.300. The molecule has 0 N–H and O–H groups in total. The van der Waals surface area contributed by atoms with Crippen molar-refractivity contribution in [3.63, 3.8) is 0 Å². The number of rotatable bonds is 2. The summed E-state index contributed by atoms with van der Waals surface area (Å²) in [6.45, 7) is 0. The van der Waals surface area contributed by atoms with Crippen molar-refractivity contribution >= 4 is 38.5 Å². The molecule has 0 spiro atoms. The van der Waals surface area contributed by atoms with E-state index in [1.165, 1.54) is 12.8 Å². The van der Waals surface area contributed by atoms with Gasteiger partial charge in [0.15, 0.2) is 0 Å². The van der Waals surface area contributed by atoms with Gasteiger partial charge in [0.2, 0.25) is 0 Å². The fourth-order valence-corrected chi connectivity index (χ4v) is 1.61. The lowest BCUT2D eigenvalue weighted by atomic mass is 10.4. The molecular weight excluding hydrogens is 333 g/mol. The molecule has 64 valence electrons. The minimum atomic E-state index is 0.444. The van der Waals surface area contributed by atoms with Gasteiger partial charge in [-0.05, 0) is 57.4 Å². The van der Waals surface area contributed by atoms with Crippen molar-refractivity contribution in [2.75, 3.05) is 0 Å². The molecule has 1 fully saturated rings. The van der Waals surface area contributed by atoms with Gasteiger partial charge >= 0.3 is 0 Å². The summed E-state index contributed by atoms with van der Waals surface area (Å²) in [5.41, 5.74) is 0. The van der Waals surface area contributed by atoms with Gasteiger partial charge in [0.05, 0.1) is 10.6 Å². The van der Waals surface area contributed by atoms with E-state index >= 15 is 0 Å². The second-order valence-corrected chi connectivity index (χ2v) is 4.55. The first kappa shape index (κ1) is 8.74. The van der Waals surface area contributed by atoms with Crippen molar-refractivity contribution in [1.82, 2.24) is 4.98 Å². The van der Waals surface area contributed by atoms with Gasteiger partial charge < -0.3 is 4.74 Å². The molecule has 0 bridgehead atoms. The van der Waals surface area contributed by atoms with Crippen LogP contribution in [0.4, 0.5) is 0 Å². The van der Waals surface area contributed by atoms with E-state index < -0.39 is 0 Å². The van der Waals surface area contributed by atoms with Crippen LogP contribution in [0.25, 0.3) is 0 Å². The molecule has 1 aromatic heterocycles. The Labute approximate surface area is 93.0 Å². The van der Waals surface area contributed by atoms with Crippen molar-refractivity contribution in [2.45, 2.75) is 18.9 Å². The van der Waals surface area contributed by atoms with Crippen molar-refractivity contribution in [1.29, 1.82) is 0 Å². The normalized spacial score (nSPS) is 16.2. The Morgan fingerprint density at radius 3 is 3.00 bits per heavy atom. The summed E-state index contributed by atoms with van der Waals surface area (Å²) < 4.78 is 7.56. The maximum atomic E-state index is 5.65. The van der Waals surface area contributed by atoms with Crippen LogP contribution in [0.15, 0.2) is 16.7 Å². The molecule has 0 atom stereocenters. The zero-order chi connectivity index (χ0) is 8.55. The highest BCUT2D eigenvalue weighted by molar-refractivity contribution is 14.1. The van der Waals surface area contributed by atoms with Gasteiger partial charge in [0.1, 0.15) is 9.45 Å². The molecule has 0 amide bonds. The Hall–Kier alpha value is 0.160. The third-order valence-corrected chi connectivity index (χ3v) is 3.95. The number of nitrogens with zero attached hydrogens (tertiary/aromatic N) is 1. The molecule has 0 unspecified atom stereocenters. The van der Waals surface area contributed by atoms with E-state index in [0.717, 1.165) is 13.9 Å². The minimum absolute atomic E-state index is 0.444. The van der Waals surface area contributed by atoms with Crippen LogP contribution in [0.2, 0.25) is 0 Å². The highest BCUT2D eigenvalue weighted by Gasteiger charge is 2.24. The van der Waals surface area contributed by atoms with Crippen LogP contribution in [0.3, 0.4) is 0 Å². The Bertz CT molecular complexity index is 301. The monoisotopic (exact) mass is 339 g/mol. The summed E-state index contributed by atoms with van der Waals surface area (Å²) in [5.74, 6) is 0.914. The SMILES string of the molecule is Brc1c(OC2CC2)ccnc1I. The standard InChI is InChI=1S/C8H7BrINO/c9-7-6(12-5-1-2-5)3-4-11-8(7)10/h3-5H,1-2H2. The lowest BCUT2D eigenvalue weighted by Crippen LogP contribution is -1.97. The summed E-state index contributed by atoms with van der Waals surface area (Å²) in [5, 5.41) is 0. The third kappa shape index (κ3) is 1.90. The highest BCUT2D eigenvalue weighted by atomic mass is 127. The molecule has 12 heavy (non-hydrogen) atoms. The molecule has 0 aliphatic heterocycles. The minimum Gasteiger partial charge on any atom is -0.489 e. The molecular formula is C8H7BrINO. The first-order valence-corrected chi connectivity index (χ1v) is 5.61. The van der Waals surface area contributed by atoms with Crippen molar-refractivity contribution in [3.8, 4) is 5.75 Å². The number of hydrogen-bond donors (Lipinski definition) is 0. The molecule has 0 aromatic carbocycles. The van der Waals surface area contributed by atoms with E-state index in [1.54, 1.807) is 6.20 Å². The van der Waals surface area contributed by atoms with E-state index in [1.807, 2.05) is 6.07 Å². The van der Waals surface area contributed by atoms with Crippen molar-refractivity contribution in [2.24, 2.45) is 0 Å². The summed E-state index contributed by atoms with van der Waals surface area (Å²) >= 11 is 5.62. The van der Waals surface area contributed by atoms with E-state index in [9.17, 15) is 0 Å². The summed E-state index contributed by atoms with van der Waals surface area (Å²) in [4.78, 5) is 4.13. The van der Waals surface area contributed by atoms with Gasteiger partial charge in [-0.25, -0.2) is 4.98 Å². The predicted octanol–water partition coefficient (Wildman–Crippen LogP) is 2.99. The molecule has 4 heteroatoms. The first-order valence-electron chi connectivity index (χ1n) is 3.74.